The summed E-state index contributed by atoms with van der Waals surface area (Å²) < 4.78 is 25.9. The van der Waals surface area contributed by atoms with Gasteiger partial charge in [0.1, 0.15) is 11.3 Å². The van der Waals surface area contributed by atoms with Gasteiger partial charge in [-0.2, -0.15) is 0 Å². The molecule has 3 aromatic carbocycles. The molecule has 0 aromatic heterocycles. The van der Waals surface area contributed by atoms with E-state index in [-0.39, 0.29) is 17.4 Å². The Hall–Kier alpha value is -5.05. The molecule has 0 atom stereocenters. The fourth-order valence-corrected chi connectivity index (χ4v) is 5.12. The quantitative estimate of drug-likeness (QED) is 0.162. The number of rotatable bonds is 12. The first-order valence-electron chi connectivity index (χ1n) is 16.0. The minimum Gasteiger partial charge on any atom is -0.491 e. The Morgan fingerprint density at radius 1 is 0.957 bits per heavy atom. The molecule has 0 bridgehead atoms. The molecule has 2 heterocycles. The summed E-state index contributed by atoms with van der Waals surface area (Å²) in [6.45, 7) is 8.41. The van der Waals surface area contributed by atoms with Crippen molar-refractivity contribution < 1.29 is 23.5 Å². The van der Waals surface area contributed by atoms with Gasteiger partial charge >= 0.3 is 6.09 Å². The number of hydrogen-bond donors (Lipinski definition) is 1. The smallest absolute Gasteiger partial charge is 0.407 e. The number of fused-ring (bicyclic) bond motifs is 1. The zero-order valence-electron chi connectivity index (χ0n) is 27.4. The van der Waals surface area contributed by atoms with Crippen LogP contribution < -0.4 is 10.1 Å². The number of unbranched alkanes of at least 4 members (excludes halogenated alkanes) is 3. The summed E-state index contributed by atoms with van der Waals surface area (Å²) in [6, 6.07) is 22.6. The van der Waals surface area contributed by atoms with E-state index in [1.54, 1.807) is 24.4 Å². The van der Waals surface area contributed by atoms with Crippen LogP contribution in [0.5, 0.6) is 5.75 Å². The highest BCUT2D eigenvalue weighted by Gasteiger charge is 2.35. The Morgan fingerprint density at radius 2 is 1.70 bits per heavy atom. The van der Waals surface area contributed by atoms with Gasteiger partial charge in [-0.1, -0.05) is 79.1 Å². The third-order valence-corrected chi connectivity index (χ3v) is 7.48. The molecular formula is C38H41FN4O4. The molecule has 9 heteroatoms. The third-order valence-electron chi connectivity index (χ3n) is 7.48. The van der Waals surface area contributed by atoms with E-state index in [9.17, 15) is 14.0 Å². The monoisotopic (exact) mass is 636 g/mol. The predicted octanol–water partition coefficient (Wildman–Crippen LogP) is 7.88. The number of benzene rings is 3. The Morgan fingerprint density at radius 3 is 2.43 bits per heavy atom. The van der Waals surface area contributed by atoms with Crippen LogP contribution in [0.1, 0.15) is 68.7 Å². The first-order valence-corrected chi connectivity index (χ1v) is 16.0. The summed E-state index contributed by atoms with van der Waals surface area (Å²) in [5.74, 6) is -0.179. The Balaban J connectivity index is 1.20. The van der Waals surface area contributed by atoms with E-state index in [1.807, 2.05) is 82.3 Å². The van der Waals surface area contributed by atoms with E-state index in [0.29, 0.717) is 42.4 Å². The average molecular weight is 637 g/mol. The van der Waals surface area contributed by atoms with Crippen molar-refractivity contribution in [1.29, 1.82) is 0 Å². The molecule has 3 aromatic rings. The molecule has 2 aliphatic rings. The predicted molar refractivity (Wildman–Crippen MR) is 184 cm³/mol. The summed E-state index contributed by atoms with van der Waals surface area (Å²) in [7, 11) is 0. The van der Waals surface area contributed by atoms with Crippen molar-refractivity contribution >= 4 is 35.3 Å². The van der Waals surface area contributed by atoms with Crippen molar-refractivity contribution in [3.8, 4) is 5.75 Å². The van der Waals surface area contributed by atoms with E-state index in [2.05, 4.69) is 10.3 Å². The first kappa shape index (κ1) is 33.3. The Kier molecular flexibility index (Phi) is 10.7. The number of hydrogen-bond acceptors (Lipinski definition) is 6. The van der Waals surface area contributed by atoms with Gasteiger partial charge < -0.3 is 14.8 Å². The van der Waals surface area contributed by atoms with Crippen molar-refractivity contribution in [3.05, 3.63) is 113 Å². The lowest BCUT2D eigenvalue weighted by molar-refractivity contribution is -0.120. The van der Waals surface area contributed by atoms with Gasteiger partial charge in [0.15, 0.2) is 17.4 Å². The third kappa shape index (κ3) is 9.25. The zero-order valence-corrected chi connectivity index (χ0v) is 27.4. The number of amidine groups is 1. The number of ether oxygens (including phenoxy) is 2. The van der Waals surface area contributed by atoms with Gasteiger partial charge in [-0.3, -0.25) is 9.69 Å². The highest BCUT2D eigenvalue weighted by molar-refractivity contribution is 6.48. The molecule has 47 heavy (non-hydrogen) atoms. The lowest BCUT2D eigenvalue weighted by Crippen LogP contribution is -2.36. The van der Waals surface area contributed by atoms with E-state index >= 15 is 0 Å². The molecule has 0 spiro atoms. The number of amides is 2. The van der Waals surface area contributed by atoms with Crippen LogP contribution in [0.15, 0.2) is 94.7 Å². The topological polar surface area (TPSA) is 92.6 Å². The number of carbonyl (C=O) groups excluding carboxylic acids is 2. The second kappa shape index (κ2) is 15.0. The van der Waals surface area contributed by atoms with Crippen molar-refractivity contribution in [2.24, 2.45) is 9.98 Å². The summed E-state index contributed by atoms with van der Waals surface area (Å²) >= 11 is 0. The number of aliphatic imine (C=N–C) groups is 2. The van der Waals surface area contributed by atoms with Gasteiger partial charge in [0.05, 0.1) is 18.0 Å². The maximum absolute atomic E-state index is 15.0. The van der Waals surface area contributed by atoms with Crippen LogP contribution in [0.2, 0.25) is 0 Å². The van der Waals surface area contributed by atoms with Gasteiger partial charge in [-0.15, -0.1) is 0 Å². The SMILES string of the molecule is Cc1ccc(C2=CN3C(=O)/C(=C/c4ccc(OCCCCCCNC(=O)OC(C)(C)C)c(F)c4)N=C3C(Cc3ccccc3)=N2)cc1. The van der Waals surface area contributed by atoms with Gasteiger partial charge in [0.2, 0.25) is 0 Å². The number of nitrogens with one attached hydrogen (secondary N) is 1. The zero-order chi connectivity index (χ0) is 33.4. The lowest BCUT2D eigenvalue weighted by atomic mass is 10.0. The van der Waals surface area contributed by atoms with E-state index in [4.69, 9.17) is 14.5 Å². The van der Waals surface area contributed by atoms with Crippen LogP contribution in [-0.4, -0.2) is 47.2 Å². The maximum Gasteiger partial charge on any atom is 0.407 e. The highest BCUT2D eigenvalue weighted by atomic mass is 19.1. The molecular weight excluding hydrogens is 595 g/mol. The van der Waals surface area contributed by atoms with E-state index < -0.39 is 17.5 Å². The molecule has 0 saturated heterocycles. The normalized spacial score (nSPS) is 15.2. The fourth-order valence-electron chi connectivity index (χ4n) is 5.12. The molecule has 0 saturated carbocycles. The van der Waals surface area contributed by atoms with Crippen LogP contribution in [0.4, 0.5) is 9.18 Å². The Labute approximate surface area is 275 Å². The molecule has 1 N–H and O–H groups in total. The molecule has 244 valence electrons. The maximum atomic E-state index is 15.0. The standard InChI is InChI=1S/C38H41FN4O4/c1-26-14-17-29(18-15-26)33-25-43-35(31(41-33)23-27-12-8-7-9-13-27)42-32(36(43)44)24-28-16-19-34(30(39)22-28)46-21-11-6-5-10-20-40-37(45)47-38(2,3)4/h7-9,12-19,22,24-25H,5-6,10-11,20-21,23H2,1-4H3,(H,40,45)/b32-24-. The van der Waals surface area contributed by atoms with Gasteiger partial charge in [-0.25, -0.2) is 19.2 Å². The molecule has 0 aliphatic carbocycles. The number of nitrogens with zero attached hydrogens (tertiary/aromatic N) is 3. The summed E-state index contributed by atoms with van der Waals surface area (Å²) in [5, 5.41) is 2.75. The molecule has 0 fully saturated rings. The molecule has 2 aliphatic heterocycles. The van der Waals surface area contributed by atoms with Crippen LogP contribution >= 0.6 is 0 Å². The van der Waals surface area contributed by atoms with Crippen LogP contribution in [0.3, 0.4) is 0 Å². The van der Waals surface area contributed by atoms with Crippen molar-refractivity contribution in [2.75, 3.05) is 13.2 Å². The number of alkyl carbamates (subject to hydrolysis) is 1. The number of halogens is 1. The van der Waals surface area contributed by atoms with Crippen LogP contribution in [0, 0.1) is 12.7 Å². The average Bonchev–Trinajstić information content (AvgIpc) is 3.34. The molecule has 5 rings (SSSR count). The number of aryl methyl sites for hydroxylation is 1. The molecule has 0 radical (unpaired) electrons. The summed E-state index contributed by atoms with van der Waals surface area (Å²) in [6.07, 6.45) is 6.76. The summed E-state index contributed by atoms with van der Waals surface area (Å²) in [4.78, 5) is 36.4. The highest BCUT2D eigenvalue weighted by Crippen LogP contribution is 2.29. The first-order chi connectivity index (χ1) is 22.6. The van der Waals surface area contributed by atoms with E-state index in [1.165, 1.54) is 11.0 Å². The number of carbonyl (C=O) groups is 2. The van der Waals surface area contributed by atoms with Crippen LogP contribution in [-0.2, 0) is 16.0 Å². The molecule has 8 nitrogen and oxygen atoms in total. The van der Waals surface area contributed by atoms with Crippen LogP contribution in [0.25, 0.3) is 11.8 Å². The second-order valence-electron chi connectivity index (χ2n) is 12.6. The van der Waals surface area contributed by atoms with E-state index in [0.717, 1.165) is 42.4 Å². The Bertz CT molecular complexity index is 1720. The van der Waals surface area contributed by atoms with Gasteiger partial charge in [-0.05, 0) is 69.9 Å². The molecule has 0 unspecified atom stereocenters. The minimum absolute atomic E-state index is 0.156. The molecule has 2 amide bonds. The van der Waals surface area contributed by atoms with Crippen molar-refractivity contribution in [1.82, 2.24) is 10.2 Å². The fraction of sp³-hybridized carbons (Fsp3) is 0.316. The lowest BCUT2D eigenvalue weighted by Gasteiger charge is -2.22. The van der Waals surface area contributed by atoms with Crippen molar-refractivity contribution in [2.45, 2.75) is 65.4 Å². The largest absolute Gasteiger partial charge is 0.491 e. The summed E-state index contributed by atoms with van der Waals surface area (Å²) in [5.41, 5.74) is 4.63. The van der Waals surface area contributed by atoms with Gasteiger partial charge in [0.25, 0.3) is 5.91 Å². The second-order valence-corrected chi connectivity index (χ2v) is 12.6. The van der Waals surface area contributed by atoms with Gasteiger partial charge in [0, 0.05) is 24.7 Å². The van der Waals surface area contributed by atoms with Crippen molar-refractivity contribution in [3.63, 3.8) is 0 Å². The minimum atomic E-state index is -0.517.